The van der Waals surface area contributed by atoms with E-state index >= 15 is 0 Å². The average molecular weight is 589 g/mol. The second kappa shape index (κ2) is 12.4. The zero-order valence-electron chi connectivity index (χ0n) is 20.1. The Balaban J connectivity index is 0.000000220. The Labute approximate surface area is 227 Å². The van der Waals surface area contributed by atoms with Crippen molar-refractivity contribution in [3.63, 3.8) is 0 Å². The van der Waals surface area contributed by atoms with Gasteiger partial charge in [-0.15, -0.1) is 0 Å². The number of amides is 2. The minimum absolute atomic E-state index is 0.284. The number of nitrogens with zero attached hydrogens (tertiary/aromatic N) is 8. The molecule has 208 valence electrons. The molecule has 0 aromatic heterocycles. The number of rotatable bonds is 8. The molecule has 2 amide bonds. The first-order valence-corrected chi connectivity index (χ1v) is 13.9. The van der Waals surface area contributed by atoms with E-state index in [0.717, 1.165) is 11.1 Å². The van der Waals surface area contributed by atoms with E-state index in [1.807, 2.05) is 12.1 Å². The molecule has 18 heteroatoms. The van der Waals surface area contributed by atoms with Gasteiger partial charge in [0.15, 0.2) is 0 Å². The maximum atomic E-state index is 11.5. The first kappa shape index (κ1) is 29.9. The van der Waals surface area contributed by atoms with Crippen LogP contribution in [0.15, 0.2) is 83.0 Å². The highest BCUT2D eigenvalue weighted by Gasteiger charge is 2.52. The standard InChI is InChI=1S/2C11H10N4O4S/c2*12-14-13-10-9(15(11(10)16)20(17,18)19)7-6-8-4-2-1-3-5-8/h2*1-7,9-10H,(H,17,18,19)/t2*9-,10+/m11/s1. The second-order valence-electron chi connectivity index (χ2n) is 8.04. The molecule has 0 aliphatic carbocycles. The third-order valence-corrected chi connectivity index (χ3v) is 7.39. The summed E-state index contributed by atoms with van der Waals surface area (Å²) in [5, 5.41) is 6.46. The van der Waals surface area contributed by atoms with Gasteiger partial charge in [-0.1, -0.05) is 95.2 Å². The molecular formula is C22H20N8O8S2. The van der Waals surface area contributed by atoms with Crippen LogP contribution in [-0.4, -0.2) is 70.5 Å². The van der Waals surface area contributed by atoms with Crippen molar-refractivity contribution in [1.82, 2.24) is 8.61 Å². The van der Waals surface area contributed by atoms with Crippen LogP contribution in [0.5, 0.6) is 0 Å². The molecule has 2 aromatic rings. The lowest BCUT2D eigenvalue weighted by Gasteiger charge is -2.40. The van der Waals surface area contributed by atoms with Gasteiger partial charge in [-0.05, 0) is 22.2 Å². The van der Waals surface area contributed by atoms with Gasteiger partial charge in [0.25, 0.3) is 0 Å². The van der Waals surface area contributed by atoms with Crippen LogP contribution >= 0.6 is 0 Å². The molecule has 2 aromatic carbocycles. The van der Waals surface area contributed by atoms with Crippen LogP contribution in [0.25, 0.3) is 33.0 Å². The van der Waals surface area contributed by atoms with E-state index in [0.29, 0.717) is 0 Å². The van der Waals surface area contributed by atoms with Crippen LogP contribution in [-0.2, 0) is 30.2 Å². The summed E-state index contributed by atoms with van der Waals surface area (Å²) in [6.07, 6.45) is 5.94. The predicted molar refractivity (Wildman–Crippen MR) is 141 cm³/mol. The SMILES string of the molecule is [N-]=[N+]=N[C@@H]1C(=O)N(S(=O)(=O)O)[C@@H]1C=Cc1ccccc1.[N-]=[N+]=N[C@@H]1C(=O)N(S(=O)(=O)O)[C@@H]1C=Cc1ccccc1. The largest absolute Gasteiger partial charge is 0.362 e. The van der Waals surface area contributed by atoms with Crippen molar-refractivity contribution in [2.45, 2.75) is 24.2 Å². The molecule has 0 bridgehead atoms. The Morgan fingerprint density at radius 3 is 1.27 bits per heavy atom. The molecule has 40 heavy (non-hydrogen) atoms. The quantitative estimate of drug-likeness (QED) is 0.152. The topological polar surface area (TPSA) is 247 Å². The van der Waals surface area contributed by atoms with Crippen molar-refractivity contribution in [3.05, 3.63) is 105 Å². The average Bonchev–Trinajstić information content (AvgIpc) is 2.90. The van der Waals surface area contributed by atoms with Gasteiger partial charge in [0.1, 0.15) is 12.1 Å². The maximum absolute atomic E-state index is 11.5. The zero-order valence-corrected chi connectivity index (χ0v) is 21.8. The van der Waals surface area contributed by atoms with Crippen LogP contribution in [0.3, 0.4) is 0 Å². The highest BCUT2D eigenvalue weighted by Crippen LogP contribution is 2.29. The molecule has 4 rings (SSSR count). The van der Waals surface area contributed by atoms with E-state index in [1.165, 1.54) is 12.2 Å². The van der Waals surface area contributed by atoms with Crippen molar-refractivity contribution >= 4 is 44.6 Å². The number of hydrogen-bond acceptors (Lipinski definition) is 8. The molecule has 2 N–H and O–H groups in total. The number of azide groups is 2. The summed E-state index contributed by atoms with van der Waals surface area (Å²) in [5.41, 5.74) is 18.3. The number of carbonyl (C=O) groups is 2. The first-order valence-electron chi connectivity index (χ1n) is 11.1. The fourth-order valence-corrected chi connectivity index (χ4v) is 5.39. The van der Waals surface area contributed by atoms with Crippen LogP contribution < -0.4 is 0 Å². The highest BCUT2D eigenvalue weighted by molar-refractivity contribution is 7.84. The lowest BCUT2D eigenvalue weighted by molar-refractivity contribution is -0.139. The van der Waals surface area contributed by atoms with Gasteiger partial charge in [-0.3, -0.25) is 18.7 Å². The maximum Gasteiger partial charge on any atom is 0.362 e. The van der Waals surface area contributed by atoms with Crippen molar-refractivity contribution in [3.8, 4) is 0 Å². The number of benzene rings is 2. The molecule has 16 nitrogen and oxygen atoms in total. The molecule has 2 aliphatic heterocycles. The lowest BCUT2D eigenvalue weighted by Crippen LogP contribution is -2.64. The second-order valence-corrected chi connectivity index (χ2v) is 10.6. The predicted octanol–water partition coefficient (Wildman–Crippen LogP) is 2.78. The van der Waals surface area contributed by atoms with Gasteiger partial charge in [0, 0.05) is 9.82 Å². The highest BCUT2D eigenvalue weighted by atomic mass is 32.2. The lowest BCUT2D eigenvalue weighted by atomic mass is 9.98. The Morgan fingerprint density at radius 2 is 1.00 bits per heavy atom. The van der Waals surface area contributed by atoms with E-state index < -0.39 is 56.6 Å². The van der Waals surface area contributed by atoms with Gasteiger partial charge in [0.2, 0.25) is 11.8 Å². The minimum atomic E-state index is -4.67. The van der Waals surface area contributed by atoms with Crippen LogP contribution in [0, 0.1) is 0 Å². The van der Waals surface area contributed by atoms with E-state index in [-0.39, 0.29) is 8.61 Å². The number of β-lactam (4-membered cyclic amide) rings is 2. The fraction of sp³-hybridized carbons (Fsp3) is 0.182. The van der Waals surface area contributed by atoms with Crippen molar-refractivity contribution < 1.29 is 35.5 Å². The third-order valence-electron chi connectivity index (χ3n) is 5.55. The molecule has 4 atom stereocenters. The molecule has 2 aliphatic rings. The van der Waals surface area contributed by atoms with Crippen LogP contribution in [0.1, 0.15) is 11.1 Å². The summed E-state index contributed by atoms with van der Waals surface area (Å²) in [7, 11) is -9.34. The third kappa shape index (κ3) is 6.83. The summed E-state index contributed by atoms with van der Waals surface area (Å²) in [6, 6.07) is 13.5. The van der Waals surface area contributed by atoms with Gasteiger partial charge in [-0.2, -0.15) is 16.8 Å². The number of carbonyl (C=O) groups excluding carboxylic acids is 2. The van der Waals surface area contributed by atoms with E-state index in [1.54, 1.807) is 60.7 Å². The molecule has 0 unspecified atom stereocenters. The summed E-state index contributed by atoms with van der Waals surface area (Å²) in [6.45, 7) is 0. The first-order chi connectivity index (χ1) is 18.9. The summed E-state index contributed by atoms with van der Waals surface area (Å²) >= 11 is 0. The van der Waals surface area contributed by atoms with E-state index in [4.69, 9.17) is 20.2 Å². The van der Waals surface area contributed by atoms with Gasteiger partial charge in [-0.25, -0.2) is 8.61 Å². The smallest absolute Gasteiger partial charge is 0.273 e. The summed E-state index contributed by atoms with van der Waals surface area (Å²) in [5.74, 6) is -1.90. The number of hydrogen-bond donors (Lipinski definition) is 2. The fourth-order valence-electron chi connectivity index (χ4n) is 3.74. The Kier molecular flexibility index (Phi) is 9.28. The Bertz CT molecular complexity index is 1510. The van der Waals surface area contributed by atoms with Crippen molar-refractivity contribution in [1.29, 1.82) is 0 Å². The van der Waals surface area contributed by atoms with E-state index in [2.05, 4.69) is 20.1 Å². The molecule has 0 spiro atoms. The Hall–Kier alpha value is -4.70. The molecule has 2 saturated heterocycles. The van der Waals surface area contributed by atoms with Gasteiger partial charge >= 0.3 is 20.6 Å². The molecular weight excluding hydrogens is 568 g/mol. The monoisotopic (exact) mass is 588 g/mol. The van der Waals surface area contributed by atoms with Crippen LogP contribution in [0.2, 0.25) is 0 Å². The molecule has 2 fully saturated rings. The minimum Gasteiger partial charge on any atom is -0.273 e. The van der Waals surface area contributed by atoms with Gasteiger partial charge < -0.3 is 0 Å². The normalized spacial score (nSPS) is 22.4. The molecule has 0 saturated carbocycles. The van der Waals surface area contributed by atoms with E-state index in [9.17, 15) is 26.4 Å². The molecule has 0 radical (unpaired) electrons. The summed E-state index contributed by atoms with van der Waals surface area (Å²) in [4.78, 5) is 28.0. The zero-order chi connectivity index (χ0) is 29.5. The Morgan fingerprint density at radius 1 is 0.675 bits per heavy atom. The van der Waals surface area contributed by atoms with Crippen molar-refractivity contribution in [2.24, 2.45) is 10.2 Å². The van der Waals surface area contributed by atoms with Crippen molar-refractivity contribution in [2.75, 3.05) is 0 Å². The van der Waals surface area contributed by atoms with Gasteiger partial charge in [0.05, 0.1) is 12.1 Å². The molecule has 2 heterocycles. The summed E-state index contributed by atoms with van der Waals surface area (Å²) < 4.78 is 62.9. The van der Waals surface area contributed by atoms with Crippen LogP contribution in [0.4, 0.5) is 0 Å².